The number of carbonyl (C=O) groups is 4. The second kappa shape index (κ2) is 16.8. The molecule has 1 saturated heterocycles. The van der Waals surface area contributed by atoms with E-state index in [9.17, 15) is 69.6 Å². The van der Waals surface area contributed by atoms with Gasteiger partial charge in [0.25, 0.3) is 0 Å². The van der Waals surface area contributed by atoms with Gasteiger partial charge in [-0.25, -0.2) is 22.4 Å². The fraction of sp³-hybridized carbons (Fsp3) is 0.407. The third-order valence-electron chi connectivity index (χ3n) is 6.93. The molecule has 5 atom stereocenters. The molecule has 0 aromatic heterocycles. The van der Waals surface area contributed by atoms with Crippen molar-refractivity contribution in [3.05, 3.63) is 57.7 Å². The van der Waals surface area contributed by atoms with E-state index < -0.39 is 154 Å². The second-order valence-electron chi connectivity index (χ2n) is 9.77. The summed E-state index contributed by atoms with van der Waals surface area (Å²) in [6.07, 6.45) is -6.82. The van der Waals surface area contributed by atoms with E-state index in [1.54, 1.807) is 0 Å². The molecule has 0 amide bonds. The Morgan fingerprint density at radius 2 is 1.02 bits per heavy atom. The summed E-state index contributed by atoms with van der Waals surface area (Å²) in [6.45, 7) is 0. The highest BCUT2D eigenvalue weighted by atomic mass is 35.5. The number of ether oxygens (including phenoxy) is 3. The van der Waals surface area contributed by atoms with Gasteiger partial charge in [0.15, 0.2) is 40.9 Å². The number of carboxylic acids is 3. The largest absolute Gasteiger partial charge is 0.503 e. The summed E-state index contributed by atoms with van der Waals surface area (Å²) in [5, 5.41) is 36.4. The minimum atomic E-state index is -2.16. The first-order valence-corrected chi connectivity index (χ1v) is 14.0. The molecule has 0 aliphatic carbocycles. The van der Waals surface area contributed by atoms with Crippen LogP contribution < -0.4 is 4.74 Å². The van der Waals surface area contributed by atoms with Crippen LogP contribution in [0.3, 0.4) is 0 Å². The molecule has 0 radical (unpaired) electrons. The van der Waals surface area contributed by atoms with Gasteiger partial charge in [0, 0.05) is 29.4 Å². The van der Waals surface area contributed by atoms with Gasteiger partial charge in [-0.05, 0) is 5.92 Å². The smallest absolute Gasteiger partial charge is 0.335 e. The van der Waals surface area contributed by atoms with Gasteiger partial charge in [0.05, 0.1) is 31.7 Å². The van der Waals surface area contributed by atoms with Crippen molar-refractivity contribution in [1.29, 1.82) is 0 Å². The molecule has 0 saturated carbocycles. The van der Waals surface area contributed by atoms with Crippen LogP contribution in [-0.2, 0) is 40.4 Å². The number of halogens is 10. The number of benzene rings is 2. The number of alkyl halides is 2. The zero-order chi connectivity index (χ0) is 36.8. The number of aliphatic carboxylic acids is 3. The van der Waals surface area contributed by atoms with Gasteiger partial charge < -0.3 is 34.6 Å². The molecule has 1 aliphatic rings. The minimum Gasteiger partial charge on any atom is -0.503 e. The molecule has 1 fully saturated rings. The second-order valence-corrected chi connectivity index (χ2v) is 10.3. The number of esters is 1. The van der Waals surface area contributed by atoms with Crippen LogP contribution in [0.15, 0.2) is 0 Å². The summed E-state index contributed by atoms with van der Waals surface area (Å²) in [6, 6.07) is 0. The van der Waals surface area contributed by atoms with Crippen molar-refractivity contribution in [3.63, 3.8) is 0 Å². The maximum absolute atomic E-state index is 14.5. The number of hydrogen-bond donors (Lipinski definition) is 4. The Hall–Kier alpha value is -4.10. The van der Waals surface area contributed by atoms with E-state index in [1.807, 2.05) is 0 Å². The highest BCUT2D eigenvalue weighted by molar-refractivity contribution is 6.17. The third kappa shape index (κ3) is 8.67. The SMILES string of the molecule is COC(=O)[C@H]1O[C@@H](Oc2c(F)c(F)c(CCl)c(F)c2F)[C@H](CC(=O)O)[C@@H](CC(=O)O)[C@@H]1CC(=O)O.Oc1c(F)c(F)c(CCl)c(F)c1F. The number of phenols is 1. The van der Waals surface area contributed by atoms with E-state index >= 15 is 0 Å². The summed E-state index contributed by atoms with van der Waals surface area (Å²) >= 11 is 10.3. The van der Waals surface area contributed by atoms with Crippen molar-refractivity contribution in [1.82, 2.24) is 0 Å². The monoisotopic (exact) mass is 744 g/mol. The summed E-state index contributed by atoms with van der Waals surface area (Å²) < 4.78 is 123. The maximum atomic E-state index is 14.5. The minimum absolute atomic E-state index is 0.716. The molecule has 4 N–H and O–H groups in total. The van der Waals surface area contributed by atoms with Crippen LogP contribution in [0.5, 0.6) is 11.5 Å². The van der Waals surface area contributed by atoms with E-state index in [4.69, 9.17) is 37.8 Å². The molecule has 11 nitrogen and oxygen atoms in total. The first kappa shape index (κ1) is 40.1. The van der Waals surface area contributed by atoms with Crippen molar-refractivity contribution >= 4 is 47.1 Å². The number of methoxy groups -OCH3 is 1. The van der Waals surface area contributed by atoms with E-state index in [-0.39, 0.29) is 0 Å². The fourth-order valence-electron chi connectivity index (χ4n) is 4.74. The van der Waals surface area contributed by atoms with Crippen LogP contribution in [0, 0.1) is 64.3 Å². The maximum Gasteiger partial charge on any atom is 0.335 e. The van der Waals surface area contributed by atoms with Crippen LogP contribution >= 0.6 is 23.2 Å². The Kier molecular flexibility index (Phi) is 14.1. The molecule has 3 rings (SSSR count). The number of phenolic OH excluding ortho intramolecular Hbond substituents is 1. The first-order chi connectivity index (χ1) is 22.3. The Morgan fingerprint density at radius 3 is 1.40 bits per heavy atom. The lowest BCUT2D eigenvalue weighted by atomic mass is 9.71. The highest BCUT2D eigenvalue weighted by Gasteiger charge is 2.52. The zero-order valence-corrected chi connectivity index (χ0v) is 25.4. The molecule has 48 heavy (non-hydrogen) atoms. The van der Waals surface area contributed by atoms with Crippen molar-refractivity contribution in [2.75, 3.05) is 7.11 Å². The van der Waals surface area contributed by atoms with Crippen LogP contribution in [0.25, 0.3) is 0 Å². The van der Waals surface area contributed by atoms with Crippen molar-refractivity contribution in [2.45, 2.75) is 43.4 Å². The van der Waals surface area contributed by atoms with E-state index in [1.165, 1.54) is 0 Å². The summed E-state index contributed by atoms with van der Waals surface area (Å²) in [7, 11) is 0.879. The number of hydrogen-bond acceptors (Lipinski definition) is 8. The standard InChI is InChI=1S/C20H19ClF4O10.C7H3ClF4O/c1-33-19(32)17-7(3-11(28)29)6(2-10(26)27)8(4-12(30)31)20(34-17)35-18-15(24)13(22)9(5-21)14(23)16(18)25;8-1-2-3(9)5(11)7(13)6(12)4(2)10/h6-8,17,20H,2-5H2,1H3,(H,26,27)(H,28,29)(H,30,31);13H,1H2/t6-,7-,8+,17-,20-;/m0./s1. The Morgan fingerprint density at radius 1 is 0.646 bits per heavy atom. The molecule has 0 unspecified atom stereocenters. The average molecular weight is 745 g/mol. The van der Waals surface area contributed by atoms with Gasteiger partial charge in [-0.3, -0.25) is 14.4 Å². The first-order valence-electron chi connectivity index (χ1n) is 12.9. The Labute approximate surface area is 273 Å². The van der Waals surface area contributed by atoms with Crippen molar-refractivity contribution < 1.29 is 88.9 Å². The molecule has 1 heterocycles. The van der Waals surface area contributed by atoms with Crippen LogP contribution in [0.4, 0.5) is 35.1 Å². The zero-order valence-electron chi connectivity index (χ0n) is 23.8. The molecular weight excluding hydrogens is 723 g/mol. The lowest BCUT2D eigenvalue weighted by molar-refractivity contribution is -0.234. The quantitative estimate of drug-likeness (QED) is 0.103. The van der Waals surface area contributed by atoms with E-state index in [2.05, 4.69) is 4.74 Å². The van der Waals surface area contributed by atoms with Gasteiger partial charge >= 0.3 is 23.9 Å². The summed E-state index contributed by atoms with van der Waals surface area (Å²) in [4.78, 5) is 46.6. The lowest BCUT2D eigenvalue weighted by Gasteiger charge is -2.44. The van der Waals surface area contributed by atoms with Gasteiger partial charge in [0.1, 0.15) is 0 Å². The molecular formula is C27H22Cl2F8O11. The molecule has 2 aromatic carbocycles. The van der Waals surface area contributed by atoms with Gasteiger partial charge in [0.2, 0.25) is 29.6 Å². The molecule has 21 heteroatoms. The van der Waals surface area contributed by atoms with E-state index in [0.29, 0.717) is 0 Å². The Balaban J connectivity index is 0.000000513. The Bertz CT molecular complexity index is 1520. The predicted molar refractivity (Wildman–Crippen MR) is 142 cm³/mol. The van der Waals surface area contributed by atoms with Crippen LogP contribution in [0.2, 0.25) is 0 Å². The topological polar surface area (TPSA) is 177 Å². The van der Waals surface area contributed by atoms with Gasteiger partial charge in [-0.15, -0.1) is 23.2 Å². The summed E-state index contributed by atoms with van der Waals surface area (Å²) in [5.41, 5.74) is -2.09. The molecule has 1 aliphatic heterocycles. The average Bonchev–Trinajstić information content (AvgIpc) is 3.02. The van der Waals surface area contributed by atoms with Crippen LogP contribution in [-0.4, -0.2) is 63.8 Å². The fourth-order valence-corrected chi connectivity index (χ4v) is 5.21. The third-order valence-corrected chi connectivity index (χ3v) is 7.46. The molecule has 0 spiro atoms. The highest BCUT2D eigenvalue weighted by Crippen LogP contribution is 2.44. The van der Waals surface area contributed by atoms with Crippen molar-refractivity contribution in [3.8, 4) is 11.5 Å². The van der Waals surface area contributed by atoms with Gasteiger partial charge in [-0.2, -0.15) is 17.6 Å². The number of aromatic hydroxyl groups is 1. The lowest BCUT2D eigenvalue weighted by Crippen LogP contribution is -2.54. The summed E-state index contributed by atoms with van der Waals surface area (Å²) in [5.74, 6) is -30.4. The number of carboxylic acid groups (broad SMARTS) is 3. The normalized spacial score (nSPS) is 20.4. The van der Waals surface area contributed by atoms with Gasteiger partial charge in [-0.1, -0.05) is 0 Å². The molecule has 266 valence electrons. The number of carbonyl (C=O) groups excluding carboxylic acids is 1. The van der Waals surface area contributed by atoms with Crippen LogP contribution in [0.1, 0.15) is 30.4 Å². The molecule has 0 bridgehead atoms. The predicted octanol–water partition coefficient (Wildman–Crippen LogP) is 5.22. The number of rotatable bonds is 11. The molecule has 2 aromatic rings. The van der Waals surface area contributed by atoms with Crippen molar-refractivity contribution in [2.24, 2.45) is 17.8 Å². The van der Waals surface area contributed by atoms with E-state index in [0.717, 1.165) is 7.11 Å².